The van der Waals surface area contributed by atoms with Crippen LogP contribution < -0.4 is 4.90 Å². The van der Waals surface area contributed by atoms with Crippen LogP contribution in [0, 0.1) is 11.2 Å². The van der Waals surface area contributed by atoms with Crippen molar-refractivity contribution in [2.45, 2.75) is 20.8 Å². The van der Waals surface area contributed by atoms with Crippen molar-refractivity contribution in [1.82, 2.24) is 5.06 Å². The first-order chi connectivity index (χ1) is 11.4. The molecule has 24 heavy (non-hydrogen) atoms. The first-order valence-corrected chi connectivity index (χ1v) is 8.26. The van der Waals surface area contributed by atoms with Gasteiger partial charge < -0.3 is 9.74 Å². The SMILES string of the molecule is CC(C)(C)C(=O)ON1CCN(c2cccc3cccc(F)c23)CC1. The molecule has 128 valence electrons. The molecule has 1 heterocycles. The summed E-state index contributed by atoms with van der Waals surface area (Å²) in [6.45, 7) is 8.09. The largest absolute Gasteiger partial charge is 0.368 e. The van der Waals surface area contributed by atoms with Gasteiger partial charge >= 0.3 is 5.97 Å². The van der Waals surface area contributed by atoms with E-state index in [-0.39, 0.29) is 11.8 Å². The van der Waals surface area contributed by atoms with E-state index in [0.717, 1.165) is 11.1 Å². The average Bonchev–Trinajstić information content (AvgIpc) is 2.54. The number of hydrogen-bond acceptors (Lipinski definition) is 4. The second-order valence-electron chi connectivity index (χ2n) is 7.16. The van der Waals surface area contributed by atoms with E-state index >= 15 is 0 Å². The Morgan fingerprint density at radius 3 is 2.29 bits per heavy atom. The molecule has 0 bridgehead atoms. The highest BCUT2D eigenvalue weighted by Gasteiger charge is 2.28. The lowest BCUT2D eigenvalue weighted by Gasteiger charge is -2.36. The highest BCUT2D eigenvalue weighted by molar-refractivity contribution is 5.94. The standard InChI is InChI=1S/C19H23FN2O2/c1-19(2,3)18(23)24-22-12-10-21(11-13-22)16-9-5-7-14-6-4-8-15(20)17(14)16/h4-9H,10-13H2,1-3H3. The van der Waals surface area contributed by atoms with Crippen LogP contribution in [0.2, 0.25) is 0 Å². The Balaban J connectivity index is 1.73. The maximum absolute atomic E-state index is 14.3. The highest BCUT2D eigenvalue weighted by Crippen LogP contribution is 2.30. The molecule has 4 nitrogen and oxygen atoms in total. The Kier molecular flexibility index (Phi) is 4.45. The molecule has 5 heteroatoms. The van der Waals surface area contributed by atoms with Gasteiger partial charge in [-0.15, -0.1) is 5.06 Å². The van der Waals surface area contributed by atoms with E-state index in [9.17, 15) is 9.18 Å². The number of carbonyl (C=O) groups excluding carboxylic acids is 1. The minimum Gasteiger partial charge on any atom is -0.368 e. The molecule has 2 aromatic carbocycles. The van der Waals surface area contributed by atoms with E-state index in [1.54, 1.807) is 11.1 Å². The van der Waals surface area contributed by atoms with Crippen LogP contribution >= 0.6 is 0 Å². The van der Waals surface area contributed by atoms with Crippen LogP contribution in [0.15, 0.2) is 36.4 Å². The predicted molar refractivity (Wildman–Crippen MR) is 93.2 cm³/mol. The summed E-state index contributed by atoms with van der Waals surface area (Å²) >= 11 is 0. The van der Waals surface area contributed by atoms with Gasteiger partial charge in [-0.3, -0.25) is 0 Å². The number of halogens is 1. The summed E-state index contributed by atoms with van der Waals surface area (Å²) in [5, 5.41) is 3.25. The molecule has 0 atom stereocenters. The summed E-state index contributed by atoms with van der Waals surface area (Å²) in [6.07, 6.45) is 0. The van der Waals surface area contributed by atoms with Gasteiger partial charge in [0.05, 0.1) is 18.5 Å². The maximum atomic E-state index is 14.3. The van der Waals surface area contributed by atoms with Gasteiger partial charge in [-0.2, -0.15) is 0 Å². The first-order valence-electron chi connectivity index (χ1n) is 8.26. The van der Waals surface area contributed by atoms with Crippen LogP contribution in [0.1, 0.15) is 20.8 Å². The molecule has 0 unspecified atom stereocenters. The Bertz CT molecular complexity index is 741. The summed E-state index contributed by atoms with van der Waals surface area (Å²) in [5.41, 5.74) is 0.378. The summed E-state index contributed by atoms with van der Waals surface area (Å²) in [6, 6.07) is 11.0. The quantitative estimate of drug-likeness (QED) is 0.842. The molecule has 1 fully saturated rings. The van der Waals surface area contributed by atoms with Gasteiger partial charge in [0.1, 0.15) is 5.82 Å². The molecular formula is C19H23FN2O2. The monoisotopic (exact) mass is 330 g/mol. The van der Waals surface area contributed by atoms with Crippen molar-refractivity contribution in [3.8, 4) is 0 Å². The van der Waals surface area contributed by atoms with E-state index in [1.165, 1.54) is 6.07 Å². The summed E-state index contributed by atoms with van der Waals surface area (Å²) in [7, 11) is 0. The number of benzene rings is 2. The van der Waals surface area contributed by atoms with Crippen molar-refractivity contribution >= 4 is 22.4 Å². The fourth-order valence-corrected chi connectivity index (χ4v) is 2.81. The number of fused-ring (bicyclic) bond motifs is 1. The smallest absolute Gasteiger partial charge is 0.330 e. The van der Waals surface area contributed by atoms with E-state index < -0.39 is 5.41 Å². The molecule has 1 aliphatic rings. The number of nitrogens with zero attached hydrogens (tertiary/aromatic N) is 2. The summed E-state index contributed by atoms with van der Waals surface area (Å²) in [5.74, 6) is -0.433. The molecule has 1 aliphatic heterocycles. The van der Waals surface area contributed by atoms with Crippen LogP contribution in [0.5, 0.6) is 0 Å². The number of hydrogen-bond donors (Lipinski definition) is 0. The molecule has 0 aromatic heterocycles. The normalized spacial score (nSPS) is 16.4. The molecular weight excluding hydrogens is 307 g/mol. The number of carbonyl (C=O) groups is 1. The molecule has 2 aromatic rings. The summed E-state index contributed by atoms with van der Waals surface area (Å²) in [4.78, 5) is 19.6. The van der Waals surface area contributed by atoms with Gasteiger partial charge in [-0.05, 0) is 38.3 Å². The summed E-state index contributed by atoms with van der Waals surface area (Å²) < 4.78 is 14.3. The molecule has 1 saturated heterocycles. The molecule has 0 N–H and O–H groups in total. The van der Waals surface area contributed by atoms with E-state index in [0.29, 0.717) is 31.6 Å². The third-order valence-electron chi connectivity index (χ3n) is 4.24. The van der Waals surface area contributed by atoms with E-state index in [1.807, 2.05) is 45.0 Å². The van der Waals surface area contributed by atoms with Crippen molar-refractivity contribution in [3.05, 3.63) is 42.2 Å². The minimum absolute atomic E-state index is 0.204. The topological polar surface area (TPSA) is 32.8 Å². The Morgan fingerprint density at radius 1 is 1.04 bits per heavy atom. The van der Waals surface area contributed by atoms with Crippen molar-refractivity contribution < 1.29 is 14.0 Å². The lowest BCUT2D eigenvalue weighted by molar-refractivity contribution is -0.201. The van der Waals surface area contributed by atoms with Gasteiger partial charge in [0.2, 0.25) is 0 Å². The molecule has 3 rings (SSSR count). The van der Waals surface area contributed by atoms with E-state index in [4.69, 9.17) is 4.84 Å². The predicted octanol–water partition coefficient (Wildman–Crippen LogP) is 3.61. The third kappa shape index (κ3) is 3.36. The van der Waals surface area contributed by atoms with Crippen LogP contribution in [-0.4, -0.2) is 37.2 Å². The number of hydroxylamine groups is 2. The van der Waals surface area contributed by atoms with Crippen LogP contribution in [-0.2, 0) is 9.63 Å². The van der Waals surface area contributed by atoms with Gasteiger partial charge in [-0.25, -0.2) is 9.18 Å². The van der Waals surface area contributed by atoms with Crippen LogP contribution in [0.3, 0.4) is 0 Å². The minimum atomic E-state index is -0.518. The number of rotatable bonds is 2. The van der Waals surface area contributed by atoms with Crippen molar-refractivity contribution in [1.29, 1.82) is 0 Å². The molecule has 0 radical (unpaired) electrons. The number of anilines is 1. The molecule has 0 amide bonds. The molecule has 0 saturated carbocycles. The van der Waals surface area contributed by atoms with Crippen LogP contribution in [0.4, 0.5) is 10.1 Å². The van der Waals surface area contributed by atoms with Crippen molar-refractivity contribution in [3.63, 3.8) is 0 Å². The van der Waals surface area contributed by atoms with Gasteiger partial charge in [0.15, 0.2) is 0 Å². The fraction of sp³-hybridized carbons (Fsp3) is 0.421. The average molecular weight is 330 g/mol. The highest BCUT2D eigenvalue weighted by atomic mass is 19.1. The zero-order valence-corrected chi connectivity index (χ0v) is 14.4. The maximum Gasteiger partial charge on any atom is 0.330 e. The lowest BCUT2D eigenvalue weighted by atomic mass is 9.98. The first kappa shape index (κ1) is 16.7. The zero-order valence-electron chi connectivity index (χ0n) is 14.4. The zero-order chi connectivity index (χ0) is 17.3. The Labute approximate surface area is 141 Å². The van der Waals surface area contributed by atoms with Gasteiger partial charge in [-0.1, -0.05) is 24.3 Å². The Hall–Kier alpha value is -2.14. The van der Waals surface area contributed by atoms with Gasteiger partial charge in [0, 0.05) is 24.2 Å². The molecule has 0 spiro atoms. The second kappa shape index (κ2) is 6.40. The Morgan fingerprint density at radius 2 is 1.67 bits per heavy atom. The fourth-order valence-electron chi connectivity index (χ4n) is 2.81. The van der Waals surface area contributed by atoms with Gasteiger partial charge in [0.25, 0.3) is 0 Å². The van der Waals surface area contributed by atoms with Crippen molar-refractivity contribution in [2.24, 2.45) is 5.41 Å². The second-order valence-corrected chi connectivity index (χ2v) is 7.16. The lowest BCUT2D eigenvalue weighted by Crippen LogP contribution is -2.48. The van der Waals surface area contributed by atoms with Crippen LogP contribution in [0.25, 0.3) is 10.8 Å². The molecule has 0 aliphatic carbocycles. The number of piperazine rings is 1. The van der Waals surface area contributed by atoms with E-state index in [2.05, 4.69) is 4.90 Å². The van der Waals surface area contributed by atoms with Crippen molar-refractivity contribution in [2.75, 3.05) is 31.1 Å². The third-order valence-corrected chi connectivity index (χ3v) is 4.24.